The van der Waals surface area contributed by atoms with Gasteiger partial charge in [-0.1, -0.05) is 0 Å². The Balaban J connectivity index is 0.00000420. The van der Waals surface area contributed by atoms with Gasteiger partial charge in [-0.15, -0.1) is 24.0 Å². The van der Waals surface area contributed by atoms with Crippen LogP contribution >= 0.6 is 24.0 Å². The minimum Gasteiger partial charge on any atom is -0.378 e. The van der Waals surface area contributed by atoms with Crippen LogP contribution in [0.3, 0.4) is 0 Å². The van der Waals surface area contributed by atoms with Gasteiger partial charge >= 0.3 is 0 Å². The Morgan fingerprint density at radius 1 is 1.24 bits per heavy atom. The fourth-order valence-corrected chi connectivity index (χ4v) is 4.57. The van der Waals surface area contributed by atoms with E-state index in [0.717, 1.165) is 32.2 Å². The molecule has 1 N–H and O–H groups in total. The zero-order valence-corrected chi connectivity index (χ0v) is 21.3. The molecule has 0 bridgehead atoms. The SMILES string of the molecule is CCNC(=NCC1CN(C)CCO1)N1CCN(S(=O)(=O)CCOC(C)C)CC1.I. The van der Waals surface area contributed by atoms with Gasteiger partial charge in [0, 0.05) is 45.8 Å². The Hall–Kier alpha value is -0.210. The van der Waals surface area contributed by atoms with Crippen LogP contribution in [0.5, 0.6) is 0 Å². The zero-order chi connectivity index (χ0) is 20.6. The molecule has 1 unspecified atom stereocenters. The van der Waals surface area contributed by atoms with Gasteiger partial charge in [-0.25, -0.2) is 8.42 Å². The molecule has 29 heavy (non-hydrogen) atoms. The lowest BCUT2D eigenvalue weighted by molar-refractivity contribution is -0.0137. The number of aliphatic imine (C=N–C) groups is 1. The van der Waals surface area contributed by atoms with Crippen molar-refractivity contribution in [3.63, 3.8) is 0 Å². The normalized spacial score (nSPS) is 22.6. The molecule has 11 heteroatoms. The highest BCUT2D eigenvalue weighted by Crippen LogP contribution is 2.10. The highest BCUT2D eigenvalue weighted by molar-refractivity contribution is 14.0. The van der Waals surface area contributed by atoms with Crippen molar-refractivity contribution in [2.24, 2.45) is 4.99 Å². The van der Waals surface area contributed by atoms with Crippen LogP contribution < -0.4 is 5.32 Å². The number of ether oxygens (including phenoxy) is 2. The van der Waals surface area contributed by atoms with E-state index in [2.05, 4.69) is 22.2 Å². The maximum absolute atomic E-state index is 12.5. The Kier molecular flexibility index (Phi) is 12.3. The van der Waals surface area contributed by atoms with Gasteiger partial charge in [-0.05, 0) is 27.8 Å². The zero-order valence-electron chi connectivity index (χ0n) is 18.2. The van der Waals surface area contributed by atoms with Crippen molar-refractivity contribution in [2.45, 2.75) is 33.0 Å². The standard InChI is InChI=1S/C18H37N5O4S.HI/c1-5-19-18(20-14-17-15-21(4)10-11-27-17)22-6-8-23(9-7-22)28(24,25)13-12-26-16(2)3;/h16-17H,5-15H2,1-4H3,(H,19,20);1H. The summed E-state index contributed by atoms with van der Waals surface area (Å²) >= 11 is 0. The average molecular weight is 548 g/mol. The second-order valence-electron chi connectivity index (χ2n) is 7.57. The van der Waals surface area contributed by atoms with E-state index in [4.69, 9.17) is 14.5 Å². The van der Waals surface area contributed by atoms with Crippen LogP contribution in [0, 0.1) is 0 Å². The molecule has 2 fully saturated rings. The molecule has 2 aliphatic rings. The van der Waals surface area contributed by atoms with Gasteiger partial charge in [0.2, 0.25) is 10.0 Å². The molecule has 1 atom stereocenters. The Morgan fingerprint density at radius 3 is 2.52 bits per heavy atom. The third-order valence-electron chi connectivity index (χ3n) is 4.85. The first-order valence-corrected chi connectivity index (χ1v) is 11.9. The van der Waals surface area contributed by atoms with E-state index in [9.17, 15) is 8.42 Å². The van der Waals surface area contributed by atoms with Crippen LogP contribution in [-0.2, 0) is 19.5 Å². The molecule has 0 spiro atoms. The molecule has 0 amide bonds. The number of sulfonamides is 1. The lowest BCUT2D eigenvalue weighted by Gasteiger charge is -2.36. The van der Waals surface area contributed by atoms with Crippen LogP contribution in [0.15, 0.2) is 4.99 Å². The van der Waals surface area contributed by atoms with Gasteiger partial charge in [0.05, 0.1) is 37.7 Å². The first-order valence-electron chi connectivity index (χ1n) is 10.2. The van der Waals surface area contributed by atoms with E-state index in [0.29, 0.717) is 32.7 Å². The quantitative estimate of drug-likeness (QED) is 0.265. The van der Waals surface area contributed by atoms with Crippen LogP contribution in [0.1, 0.15) is 20.8 Å². The number of nitrogens with one attached hydrogen (secondary N) is 1. The minimum atomic E-state index is -3.28. The van der Waals surface area contributed by atoms with Crippen molar-refractivity contribution in [3.05, 3.63) is 0 Å². The van der Waals surface area contributed by atoms with E-state index in [-0.39, 0.29) is 48.5 Å². The number of hydrogen-bond acceptors (Lipinski definition) is 6. The number of halogens is 1. The molecule has 2 heterocycles. The van der Waals surface area contributed by atoms with Crippen LogP contribution in [0.25, 0.3) is 0 Å². The summed E-state index contributed by atoms with van der Waals surface area (Å²) in [5.41, 5.74) is 0. The van der Waals surface area contributed by atoms with Crippen LogP contribution in [0.4, 0.5) is 0 Å². The molecule has 0 aromatic carbocycles. The largest absolute Gasteiger partial charge is 0.378 e. The predicted molar refractivity (Wildman–Crippen MR) is 127 cm³/mol. The molecular weight excluding hydrogens is 509 g/mol. The van der Waals surface area contributed by atoms with Gasteiger partial charge in [0.15, 0.2) is 5.96 Å². The van der Waals surface area contributed by atoms with Crippen molar-refractivity contribution in [3.8, 4) is 0 Å². The van der Waals surface area contributed by atoms with Crippen molar-refractivity contribution in [1.82, 2.24) is 19.4 Å². The van der Waals surface area contributed by atoms with E-state index in [1.807, 2.05) is 20.8 Å². The Labute approximate surface area is 193 Å². The number of rotatable bonds is 8. The number of likely N-dealkylation sites (N-methyl/N-ethyl adjacent to an activating group) is 1. The van der Waals surface area contributed by atoms with E-state index < -0.39 is 10.0 Å². The molecule has 9 nitrogen and oxygen atoms in total. The molecule has 2 aliphatic heterocycles. The minimum absolute atomic E-state index is 0. The smallest absolute Gasteiger partial charge is 0.216 e. The Bertz CT molecular complexity index is 597. The summed E-state index contributed by atoms with van der Waals surface area (Å²) in [5.74, 6) is 0.866. The first kappa shape index (κ1) is 26.8. The van der Waals surface area contributed by atoms with Gasteiger partial charge in [0.1, 0.15) is 0 Å². The predicted octanol–water partition coefficient (Wildman–Crippen LogP) is 0.273. The lowest BCUT2D eigenvalue weighted by atomic mass is 10.3. The summed E-state index contributed by atoms with van der Waals surface area (Å²) in [7, 11) is -1.19. The summed E-state index contributed by atoms with van der Waals surface area (Å²) in [6.45, 7) is 12.2. The Morgan fingerprint density at radius 2 is 1.93 bits per heavy atom. The van der Waals surface area contributed by atoms with Crippen molar-refractivity contribution >= 4 is 40.0 Å². The summed E-state index contributed by atoms with van der Waals surface area (Å²) in [4.78, 5) is 9.13. The van der Waals surface area contributed by atoms with Gasteiger partial charge in [0.25, 0.3) is 0 Å². The van der Waals surface area contributed by atoms with Gasteiger partial charge < -0.3 is 24.6 Å². The number of hydrogen-bond donors (Lipinski definition) is 1. The number of nitrogens with zero attached hydrogens (tertiary/aromatic N) is 4. The third-order valence-corrected chi connectivity index (χ3v) is 6.68. The highest BCUT2D eigenvalue weighted by atomic mass is 127. The molecule has 0 saturated carbocycles. The molecule has 0 aromatic heterocycles. The summed E-state index contributed by atoms with van der Waals surface area (Å²) in [6, 6.07) is 0. The average Bonchev–Trinajstić information content (AvgIpc) is 2.65. The topological polar surface area (TPSA) is 86.7 Å². The summed E-state index contributed by atoms with van der Waals surface area (Å²) in [5, 5.41) is 3.32. The summed E-state index contributed by atoms with van der Waals surface area (Å²) in [6.07, 6.45) is 0.147. The fourth-order valence-electron chi connectivity index (χ4n) is 3.29. The second kappa shape index (κ2) is 13.3. The third kappa shape index (κ3) is 9.21. The molecule has 0 aromatic rings. The lowest BCUT2D eigenvalue weighted by Crippen LogP contribution is -2.54. The first-order chi connectivity index (χ1) is 13.3. The monoisotopic (exact) mass is 547 g/mol. The maximum Gasteiger partial charge on any atom is 0.216 e. The van der Waals surface area contributed by atoms with E-state index in [1.165, 1.54) is 0 Å². The van der Waals surface area contributed by atoms with E-state index in [1.54, 1.807) is 4.31 Å². The van der Waals surface area contributed by atoms with Crippen molar-refractivity contribution < 1.29 is 17.9 Å². The van der Waals surface area contributed by atoms with Crippen molar-refractivity contribution in [2.75, 3.05) is 78.4 Å². The van der Waals surface area contributed by atoms with Crippen LogP contribution in [-0.4, -0.2) is 119 Å². The van der Waals surface area contributed by atoms with Gasteiger partial charge in [-0.2, -0.15) is 4.31 Å². The second-order valence-corrected chi connectivity index (χ2v) is 9.66. The molecule has 0 aliphatic carbocycles. The van der Waals surface area contributed by atoms with Crippen molar-refractivity contribution in [1.29, 1.82) is 0 Å². The molecule has 2 saturated heterocycles. The summed E-state index contributed by atoms with van der Waals surface area (Å²) < 4.78 is 37.7. The number of morpholine rings is 1. The molecular formula is C18H38IN5O4S. The molecule has 2 rings (SSSR count). The number of piperazine rings is 1. The van der Waals surface area contributed by atoms with E-state index >= 15 is 0 Å². The number of guanidine groups is 1. The fraction of sp³-hybridized carbons (Fsp3) is 0.944. The maximum atomic E-state index is 12.5. The highest BCUT2D eigenvalue weighted by Gasteiger charge is 2.28. The van der Waals surface area contributed by atoms with Gasteiger partial charge in [-0.3, -0.25) is 4.99 Å². The molecule has 172 valence electrons. The van der Waals surface area contributed by atoms with Crippen LogP contribution in [0.2, 0.25) is 0 Å². The molecule has 0 radical (unpaired) electrons.